The summed E-state index contributed by atoms with van der Waals surface area (Å²) in [5.41, 5.74) is 2.82. The minimum atomic E-state index is -0.334. The van der Waals surface area contributed by atoms with Crippen molar-refractivity contribution in [3.63, 3.8) is 0 Å². The number of hydrogen-bond donors (Lipinski definition) is 0. The summed E-state index contributed by atoms with van der Waals surface area (Å²) in [6.07, 6.45) is 1.68. The monoisotopic (exact) mass is 505 g/mol. The molecule has 1 fully saturated rings. The van der Waals surface area contributed by atoms with Gasteiger partial charge in [-0.2, -0.15) is 0 Å². The molecule has 0 aromatic heterocycles. The third-order valence-corrected chi connectivity index (χ3v) is 6.25. The highest BCUT2D eigenvalue weighted by Gasteiger charge is 2.35. The van der Waals surface area contributed by atoms with Gasteiger partial charge in [0.05, 0.1) is 25.2 Å². The predicted molar refractivity (Wildman–Crippen MR) is 126 cm³/mol. The van der Waals surface area contributed by atoms with Gasteiger partial charge in [0.15, 0.2) is 11.5 Å². The first-order chi connectivity index (χ1) is 14.8. The van der Waals surface area contributed by atoms with Gasteiger partial charge in [-0.1, -0.05) is 28.1 Å². The van der Waals surface area contributed by atoms with Crippen molar-refractivity contribution in [2.24, 2.45) is 0 Å². The lowest BCUT2D eigenvalue weighted by atomic mass is 10.1. The molecule has 2 aromatic rings. The van der Waals surface area contributed by atoms with Gasteiger partial charge in [0.25, 0.3) is 11.1 Å². The van der Waals surface area contributed by atoms with Crippen LogP contribution in [0.1, 0.15) is 23.6 Å². The fourth-order valence-corrected chi connectivity index (χ4v) is 4.33. The third-order valence-electron chi connectivity index (χ3n) is 4.66. The zero-order valence-corrected chi connectivity index (χ0v) is 20.3. The van der Waals surface area contributed by atoms with E-state index in [4.69, 9.17) is 14.2 Å². The van der Waals surface area contributed by atoms with Gasteiger partial charge in [0.1, 0.15) is 12.4 Å². The van der Waals surface area contributed by atoms with Crippen LogP contribution in [0.25, 0.3) is 6.08 Å². The summed E-state index contributed by atoms with van der Waals surface area (Å²) >= 11 is 4.41. The van der Waals surface area contributed by atoms with Gasteiger partial charge in [-0.15, -0.1) is 0 Å². The Kier molecular flexibility index (Phi) is 7.67. The van der Waals surface area contributed by atoms with Crippen LogP contribution in [0.5, 0.6) is 17.2 Å². The number of nitrogens with zero attached hydrogens (tertiary/aromatic N) is 1. The molecule has 0 bridgehead atoms. The van der Waals surface area contributed by atoms with Crippen LogP contribution in [0.3, 0.4) is 0 Å². The minimum Gasteiger partial charge on any atom is -0.493 e. The van der Waals surface area contributed by atoms with Crippen molar-refractivity contribution in [3.8, 4) is 17.2 Å². The van der Waals surface area contributed by atoms with Crippen LogP contribution in [0.2, 0.25) is 0 Å². The van der Waals surface area contributed by atoms with Crippen molar-refractivity contribution < 1.29 is 23.8 Å². The Labute approximate surface area is 194 Å². The molecule has 2 aromatic carbocycles. The number of carbonyl (C=O) groups excluding carboxylic acids is 2. The molecule has 1 saturated heterocycles. The summed E-state index contributed by atoms with van der Waals surface area (Å²) < 4.78 is 17.5. The lowest BCUT2D eigenvalue weighted by Crippen LogP contribution is -2.32. The number of hydrogen-bond acceptors (Lipinski definition) is 6. The van der Waals surface area contributed by atoms with Crippen molar-refractivity contribution in [3.05, 3.63) is 56.4 Å². The number of methoxy groups -OCH3 is 1. The molecular weight excluding hydrogens is 482 g/mol. The zero-order chi connectivity index (χ0) is 22.5. The fourth-order valence-electron chi connectivity index (χ4n) is 3.03. The molecule has 164 valence electrons. The highest BCUT2D eigenvalue weighted by Crippen LogP contribution is 2.38. The molecule has 6 nitrogen and oxygen atoms in total. The van der Waals surface area contributed by atoms with E-state index in [2.05, 4.69) is 15.9 Å². The number of halogens is 1. The Hall–Kier alpha value is -2.45. The highest BCUT2D eigenvalue weighted by atomic mass is 79.9. The number of imide groups is 1. The van der Waals surface area contributed by atoms with Crippen molar-refractivity contribution in [1.29, 1.82) is 0 Å². The quantitative estimate of drug-likeness (QED) is 0.435. The first kappa shape index (κ1) is 23.2. The van der Waals surface area contributed by atoms with Crippen molar-refractivity contribution in [1.82, 2.24) is 4.90 Å². The number of rotatable bonds is 8. The Balaban J connectivity index is 1.72. The Morgan fingerprint density at radius 3 is 2.55 bits per heavy atom. The molecule has 0 unspecified atom stereocenters. The Morgan fingerprint density at radius 1 is 1.06 bits per heavy atom. The summed E-state index contributed by atoms with van der Waals surface area (Å²) in [5, 5.41) is -0.310. The third kappa shape index (κ3) is 5.43. The van der Waals surface area contributed by atoms with Crippen LogP contribution >= 0.6 is 27.7 Å². The number of carbonyl (C=O) groups is 2. The number of thioether (sulfide) groups is 1. The van der Waals surface area contributed by atoms with Gasteiger partial charge in [-0.05, 0) is 73.5 Å². The van der Waals surface area contributed by atoms with Crippen molar-refractivity contribution >= 4 is 44.9 Å². The van der Waals surface area contributed by atoms with E-state index in [1.165, 1.54) is 4.90 Å². The van der Waals surface area contributed by atoms with E-state index >= 15 is 0 Å². The topological polar surface area (TPSA) is 65.1 Å². The fraction of sp³-hybridized carbons (Fsp3) is 0.304. The molecule has 0 N–H and O–H groups in total. The van der Waals surface area contributed by atoms with Gasteiger partial charge >= 0.3 is 0 Å². The number of amides is 2. The molecule has 0 spiro atoms. The molecule has 0 aliphatic carbocycles. The second-order valence-electron chi connectivity index (χ2n) is 6.91. The van der Waals surface area contributed by atoms with Crippen LogP contribution in [0, 0.1) is 13.8 Å². The average molecular weight is 506 g/mol. The summed E-state index contributed by atoms with van der Waals surface area (Å²) in [4.78, 5) is 26.8. The van der Waals surface area contributed by atoms with Crippen LogP contribution in [0.15, 0.2) is 39.7 Å². The van der Waals surface area contributed by atoms with Gasteiger partial charge in [0.2, 0.25) is 0 Å². The maximum atomic E-state index is 12.8. The summed E-state index contributed by atoms with van der Waals surface area (Å²) in [5.74, 6) is 1.58. The molecule has 0 atom stereocenters. The normalized spacial score (nSPS) is 15.0. The van der Waals surface area contributed by atoms with Crippen LogP contribution < -0.4 is 14.2 Å². The minimum absolute atomic E-state index is 0.184. The van der Waals surface area contributed by atoms with Gasteiger partial charge in [-0.25, -0.2) is 0 Å². The van der Waals surface area contributed by atoms with Crippen LogP contribution in [-0.2, 0) is 4.79 Å². The molecule has 1 heterocycles. The summed E-state index contributed by atoms with van der Waals surface area (Å²) in [7, 11) is 1.55. The van der Waals surface area contributed by atoms with E-state index in [1.54, 1.807) is 25.3 Å². The molecule has 3 rings (SSSR count). The maximum absolute atomic E-state index is 12.8. The van der Waals surface area contributed by atoms with Crippen molar-refractivity contribution in [2.75, 3.05) is 26.9 Å². The molecule has 0 saturated carbocycles. The average Bonchev–Trinajstić information content (AvgIpc) is 3.00. The summed E-state index contributed by atoms with van der Waals surface area (Å²) in [6, 6.07) is 9.50. The number of aryl methyl sites for hydroxylation is 2. The van der Waals surface area contributed by atoms with E-state index in [0.717, 1.165) is 38.7 Å². The molecule has 1 aliphatic rings. The predicted octanol–water partition coefficient (Wildman–Crippen LogP) is 5.59. The van der Waals surface area contributed by atoms with Crippen LogP contribution in [0.4, 0.5) is 4.79 Å². The first-order valence-corrected chi connectivity index (χ1v) is 11.4. The van der Waals surface area contributed by atoms with E-state index in [0.29, 0.717) is 23.0 Å². The number of ether oxygens (including phenoxy) is 3. The second-order valence-corrected chi connectivity index (χ2v) is 8.76. The van der Waals surface area contributed by atoms with E-state index in [9.17, 15) is 9.59 Å². The van der Waals surface area contributed by atoms with Gasteiger partial charge < -0.3 is 14.2 Å². The molecule has 1 aliphatic heterocycles. The van der Waals surface area contributed by atoms with Gasteiger partial charge in [-0.3, -0.25) is 14.5 Å². The molecular formula is C23H24BrNO5S. The maximum Gasteiger partial charge on any atom is 0.293 e. The van der Waals surface area contributed by atoms with Crippen molar-refractivity contribution in [2.45, 2.75) is 20.8 Å². The Morgan fingerprint density at radius 2 is 1.84 bits per heavy atom. The molecule has 31 heavy (non-hydrogen) atoms. The molecule has 2 amide bonds. The Bertz CT molecular complexity index is 1040. The molecule has 0 radical (unpaired) electrons. The van der Waals surface area contributed by atoms with Gasteiger partial charge in [0, 0.05) is 4.47 Å². The number of benzene rings is 2. The lowest BCUT2D eigenvalue weighted by molar-refractivity contribution is -0.123. The smallest absolute Gasteiger partial charge is 0.293 e. The van der Waals surface area contributed by atoms with Crippen LogP contribution in [-0.4, -0.2) is 42.9 Å². The van der Waals surface area contributed by atoms with E-state index in [1.807, 2.05) is 39.0 Å². The standard InChI is InChI=1S/C23H24BrNO5S/c1-5-29-20-13-17(24)16(11-19(20)28-4)12-21-22(26)25(23(27)31-21)8-9-30-18-10-14(2)6-7-15(18)3/h6-7,10-13H,5,8-9H2,1-4H3/b21-12-. The largest absolute Gasteiger partial charge is 0.493 e. The van der Waals surface area contributed by atoms with E-state index in [-0.39, 0.29) is 24.3 Å². The van der Waals surface area contributed by atoms with E-state index < -0.39 is 0 Å². The molecule has 8 heteroatoms. The lowest BCUT2D eigenvalue weighted by Gasteiger charge is -2.14. The first-order valence-electron chi connectivity index (χ1n) is 9.79. The zero-order valence-electron chi connectivity index (χ0n) is 17.9. The second kappa shape index (κ2) is 10.2. The SMILES string of the molecule is CCOc1cc(Br)c(/C=C2\SC(=O)N(CCOc3cc(C)ccc3C)C2=O)cc1OC. The summed E-state index contributed by atoms with van der Waals surface area (Å²) in [6.45, 7) is 6.76. The highest BCUT2D eigenvalue weighted by molar-refractivity contribution is 9.10.